The van der Waals surface area contributed by atoms with Crippen LogP contribution in [0.3, 0.4) is 0 Å². The van der Waals surface area contributed by atoms with Crippen LogP contribution >= 0.6 is 0 Å². The molecule has 0 radical (unpaired) electrons. The van der Waals surface area contributed by atoms with Crippen molar-refractivity contribution < 1.29 is 6.11 Å². The van der Waals surface area contributed by atoms with Gasteiger partial charge >= 0.3 is 0 Å². The van der Waals surface area contributed by atoms with Crippen molar-refractivity contribution in [1.82, 2.24) is 4.90 Å². The van der Waals surface area contributed by atoms with E-state index in [1.807, 2.05) is 11.0 Å². The second-order valence-corrected chi connectivity index (χ2v) is 2.04. The summed E-state index contributed by atoms with van der Waals surface area (Å²) < 4.78 is 12.6. The van der Waals surface area contributed by atoms with E-state index in [1.165, 1.54) is 0 Å². The van der Waals surface area contributed by atoms with Crippen LogP contribution in [0.25, 0.3) is 0 Å². The molecule has 1 aliphatic heterocycles. The number of morpholine rings is 1. The molecule has 1 heterocycles. The standard InChI is InChI=1S/C7H13NO/c1-2-3-8-4-6-9-7-5-8/h2H,1,3-7H2/i4D. The molecular formula is C7H13NO. The van der Waals surface area contributed by atoms with Gasteiger partial charge in [-0.15, -0.1) is 6.58 Å². The molecule has 1 aliphatic rings. The van der Waals surface area contributed by atoms with Gasteiger partial charge in [0.05, 0.1) is 13.2 Å². The summed E-state index contributed by atoms with van der Waals surface area (Å²) in [5.74, 6) is 0. The molecule has 0 spiro atoms. The first-order chi connectivity index (χ1) is 4.84. The molecule has 0 aliphatic carbocycles. The van der Waals surface area contributed by atoms with Crippen LogP contribution in [0.5, 0.6) is 0 Å². The molecule has 0 aromatic heterocycles. The predicted octanol–water partition coefficient (Wildman–Crippen LogP) is 0.505. The molecule has 0 N–H and O–H groups in total. The van der Waals surface area contributed by atoms with Crippen molar-refractivity contribution in [2.45, 2.75) is 0 Å². The first kappa shape index (κ1) is 5.45. The van der Waals surface area contributed by atoms with Crippen LogP contribution in [-0.2, 0) is 4.74 Å². The second-order valence-electron chi connectivity index (χ2n) is 2.04. The van der Waals surface area contributed by atoms with Gasteiger partial charge in [-0.25, -0.2) is 0 Å². The molecule has 0 aromatic carbocycles. The van der Waals surface area contributed by atoms with Crippen molar-refractivity contribution >= 4 is 0 Å². The highest BCUT2D eigenvalue weighted by Crippen LogP contribution is 1.94. The summed E-state index contributed by atoms with van der Waals surface area (Å²) in [6, 6.07) is 0. The average Bonchev–Trinajstić information content (AvgIpc) is 1.94. The van der Waals surface area contributed by atoms with E-state index in [0.29, 0.717) is 6.61 Å². The van der Waals surface area contributed by atoms with Gasteiger partial charge in [0.1, 0.15) is 0 Å². The van der Waals surface area contributed by atoms with Crippen LogP contribution in [0.2, 0.25) is 0 Å². The lowest BCUT2D eigenvalue weighted by atomic mass is 10.4. The lowest BCUT2D eigenvalue weighted by Gasteiger charge is -2.24. The third-order valence-electron chi connectivity index (χ3n) is 1.34. The Bertz CT molecular complexity index is 118. The van der Waals surface area contributed by atoms with E-state index in [-0.39, 0.29) is 6.52 Å². The molecule has 1 rings (SSSR count). The van der Waals surface area contributed by atoms with Gasteiger partial charge in [0.15, 0.2) is 0 Å². The fraction of sp³-hybridized carbons (Fsp3) is 0.714. The lowest BCUT2D eigenvalue weighted by Crippen LogP contribution is -2.36. The van der Waals surface area contributed by atoms with E-state index in [1.54, 1.807) is 0 Å². The number of hydrogen-bond donors (Lipinski definition) is 0. The fourth-order valence-electron chi connectivity index (χ4n) is 0.846. The molecule has 1 unspecified atom stereocenters. The van der Waals surface area contributed by atoms with Crippen molar-refractivity contribution in [3.63, 3.8) is 0 Å². The topological polar surface area (TPSA) is 12.5 Å². The number of hydrogen-bond acceptors (Lipinski definition) is 2. The Morgan fingerprint density at radius 3 is 3.33 bits per heavy atom. The van der Waals surface area contributed by atoms with Gasteiger partial charge < -0.3 is 4.74 Å². The molecule has 0 aromatic rings. The van der Waals surface area contributed by atoms with E-state index >= 15 is 0 Å². The van der Waals surface area contributed by atoms with Gasteiger partial charge in [0.2, 0.25) is 0 Å². The predicted molar refractivity (Wildman–Crippen MR) is 37.5 cm³/mol. The smallest absolute Gasteiger partial charge is 0.0594 e. The van der Waals surface area contributed by atoms with Crippen LogP contribution in [-0.4, -0.2) is 37.7 Å². The second kappa shape index (κ2) is 3.64. The van der Waals surface area contributed by atoms with E-state index < -0.39 is 0 Å². The summed E-state index contributed by atoms with van der Waals surface area (Å²) in [6.45, 7) is 6.39. The van der Waals surface area contributed by atoms with Crippen molar-refractivity contribution in [3.8, 4) is 0 Å². The minimum atomic E-state index is -0.188. The number of nitrogens with zero attached hydrogens (tertiary/aromatic N) is 1. The first-order valence-electron chi connectivity index (χ1n) is 3.77. The third kappa shape index (κ3) is 2.16. The van der Waals surface area contributed by atoms with Gasteiger partial charge in [0, 0.05) is 21.0 Å². The summed E-state index contributed by atoms with van der Waals surface area (Å²) >= 11 is 0. The molecule has 2 heteroatoms. The molecular weight excluding hydrogens is 114 g/mol. The minimum absolute atomic E-state index is 0.188. The van der Waals surface area contributed by atoms with Crippen molar-refractivity contribution in [2.75, 3.05) is 32.8 Å². The molecule has 1 atom stereocenters. The van der Waals surface area contributed by atoms with Crippen molar-refractivity contribution in [3.05, 3.63) is 12.7 Å². The Labute approximate surface area is 57.5 Å². The largest absolute Gasteiger partial charge is 0.379 e. The van der Waals surface area contributed by atoms with Gasteiger partial charge in [-0.1, -0.05) is 6.08 Å². The molecule has 0 amide bonds. The van der Waals surface area contributed by atoms with Gasteiger partial charge in [-0.2, -0.15) is 0 Å². The summed E-state index contributed by atoms with van der Waals surface area (Å²) in [6.07, 6.45) is 1.83. The lowest BCUT2D eigenvalue weighted by molar-refractivity contribution is 0.0434. The van der Waals surface area contributed by atoms with Crippen LogP contribution < -0.4 is 0 Å². The van der Waals surface area contributed by atoms with Gasteiger partial charge in [-0.05, 0) is 0 Å². The Morgan fingerprint density at radius 2 is 2.67 bits per heavy atom. The molecule has 0 bridgehead atoms. The molecule has 1 fully saturated rings. The SMILES string of the molecule is [2H]C1COCCN1CC=C. The highest BCUT2D eigenvalue weighted by molar-refractivity contribution is 4.74. The zero-order valence-electron chi connectivity index (χ0n) is 6.55. The van der Waals surface area contributed by atoms with Gasteiger partial charge in [-0.3, -0.25) is 4.90 Å². The molecule has 2 nitrogen and oxygen atoms in total. The zero-order chi connectivity index (χ0) is 7.40. The van der Waals surface area contributed by atoms with Crippen LogP contribution in [0, 0.1) is 0 Å². The summed E-state index contributed by atoms with van der Waals surface area (Å²) in [7, 11) is 0. The van der Waals surface area contributed by atoms with Gasteiger partial charge in [0.25, 0.3) is 0 Å². The summed E-state index contributed by atoms with van der Waals surface area (Å²) in [5.41, 5.74) is 0. The fourth-order valence-corrected chi connectivity index (χ4v) is 0.846. The summed E-state index contributed by atoms with van der Waals surface area (Å²) in [4.78, 5) is 2.04. The maximum absolute atomic E-state index is 7.49. The van der Waals surface area contributed by atoms with Crippen LogP contribution in [0.4, 0.5) is 0 Å². The molecule has 9 heavy (non-hydrogen) atoms. The number of ether oxygens (including phenoxy) is 1. The molecule has 1 saturated heterocycles. The Hall–Kier alpha value is -0.340. The first-order valence-corrected chi connectivity index (χ1v) is 3.19. The van der Waals surface area contributed by atoms with E-state index in [2.05, 4.69) is 6.58 Å². The van der Waals surface area contributed by atoms with E-state index in [4.69, 9.17) is 6.11 Å². The van der Waals surface area contributed by atoms with Crippen LogP contribution in [0.1, 0.15) is 1.37 Å². The van der Waals surface area contributed by atoms with Crippen molar-refractivity contribution in [1.29, 1.82) is 0 Å². The maximum atomic E-state index is 7.49. The monoisotopic (exact) mass is 128 g/mol. The maximum Gasteiger partial charge on any atom is 0.0594 e. The van der Waals surface area contributed by atoms with E-state index in [0.717, 1.165) is 19.7 Å². The quantitative estimate of drug-likeness (QED) is 0.502. The minimum Gasteiger partial charge on any atom is -0.379 e. The van der Waals surface area contributed by atoms with Crippen LogP contribution in [0.15, 0.2) is 12.7 Å². The normalized spacial score (nSPS) is 31.6. The number of rotatable bonds is 2. The highest BCUT2D eigenvalue weighted by Gasteiger charge is 2.06. The Balaban J connectivity index is 2.32. The Kier molecular flexibility index (Phi) is 2.20. The van der Waals surface area contributed by atoms with E-state index in [9.17, 15) is 0 Å². The zero-order valence-corrected chi connectivity index (χ0v) is 5.55. The molecule has 52 valence electrons. The Morgan fingerprint density at radius 1 is 1.78 bits per heavy atom. The van der Waals surface area contributed by atoms with Crippen molar-refractivity contribution in [2.24, 2.45) is 0 Å². The molecule has 0 saturated carbocycles. The highest BCUT2D eigenvalue weighted by atomic mass is 16.5. The summed E-state index contributed by atoms with van der Waals surface area (Å²) in [5, 5.41) is 0. The third-order valence-corrected chi connectivity index (χ3v) is 1.34. The average molecular weight is 128 g/mol.